The Kier molecular flexibility index (Phi) is 8.47. The number of benzene rings is 2. The predicted octanol–water partition coefficient (Wildman–Crippen LogP) is 3.04. The number of amides is 3. The van der Waals surface area contributed by atoms with Gasteiger partial charge in [0.2, 0.25) is 11.8 Å². The zero-order chi connectivity index (χ0) is 21.2. The fraction of sp³-hybridized carbons (Fsp3) is 0.250. The maximum Gasteiger partial charge on any atom is 0.269 e. The van der Waals surface area contributed by atoms with Crippen LogP contribution in [0.25, 0.3) is 0 Å². The van der Waals surface area contributed by atoms with Gasteiger partial charge in [0.05, 0.1) is 18.2 Å². The molecule has 2 aromatic carbocycles. The molecule has 0 aliphatic heterocycles. The van der Waals surface area contributed by atoms with E-state index in [0.29, 0.717) is 33.8 Å². The maximum atomic E-state index is 12.1. The van der Waals surface area contributed by atoms with Crippen LogP contribution >= 0.6 is 15.9 Å². The van der Waals surface area contributed by atoms with Gasteiger partial charge >= 0.3 is 0 Å². The second kappa shape index (κ2) is 11.1. The lowest BCUT2D eigenvalue weighted by Gasteiger charge is -2.09. The highest BCUT2D eigenvalue weighted by Crippen LogP contribution is 2.25. The number of nitrogens with one attached hydrogen (secondary N) is 3. The Bertz CT molecular complexity index is 871. The van der Waals surface area contributed by atoms with Gasteiger partial charge in [-0.3, -0.25) is 25.2 Å². The molecule has 3 amide bonds. The summed E-state index contributed by atoms with van der Waals surface area (Å²) in [6.45, 7) is 2.45. The van der Waals surface area contributed by atoms with Crippen LogP contribution in [-0.4, -0.2) is 31.4 Å². The van der Waals surface area contributed by atoms with E-state index in [1.165, 1.54) is 7.11 Å². The van der Waals surface area contributed by atoms with E-state index in [4.69, 9.17) is 9.47 Å². The largest absolute Gasteiger partial charge is 0.496 e. The van der Waals surface area contributed by atoms with E-state index >= 15 is 0 Å². The molecule has 9 heteroatoms. The van der Waals surface area contributed by atoms with Crippen molar-refractivity contribution >= 4 is 39.3 Å². The summed E-state index contributed by atoms with van der Waals surface area (Å²) in [5, 5.41) is 2.70. The minimum absolute atomic E-state index is 0.0248. The predicted molar refractivity (Wildman–Crippen MR) is 112 cm³/mol. The third kappa shape index (κ3) is 7.11. The van der Waals surface area contributed by atoms with E-state index in [1.54, 1.807) is 42.5 Å². The molecule has 0 aliphatic carbocycles. The first-order chi connectivity index (χ1) is 13.9. The molecule has 2 rings (SSSR count). The van der Waals surface area contributed by atoms with Gasteiger partial charge in [-0.05, 0) is 65.3 Å². The van der Waals surface area contributed by atoms with Crippen LogP contribution in [-0.2, 0) is 9.59 Å². The fourth-order valence-electron chi connectivity index (χ4n) is 2.32. The lowest BCUT2D eigenvalue weighted by Crippen LogP contribution is -2.41. The van der Waals surface area contributed by atoms with Crippen LogP contribution in [0.15, 0.2) is 46.9 Å². The molecule has 29 heavy (non-hydrogen) atoms. The number of hydrogen-bond donors (Lipinski definition) is 3. The standard InChI is InChI=1S/C20H22BrN3O5/c1-3-29-15-7-5-14(6-8-15)22-18(25)10-11-19(26)23-24-20(27)13-4-9-17(28-2)16(21)12-13/h4-9,12H,3,10-11H2,1-2H3,(H,22,25)(H,23,26)(H,24,27). The molecule has 8 nitrogen and oxygen atoms in total. The van der Waals surface area contributed by atoms with Gasteiger partial charge in [-0.1, -0.05) is 0 Å². The highest BCUT2D eigenvalue weighted by molar-refractivity contribution is 9.10. The van der Waals surface area contributed by atoms with Crippen molar-refractivity contribution in [2.45, 2.75) is 19.8 Å². The zero-order valence-corrected chi connectivity index (χ0v) is 17.7. The van der Waals surface area contributed by atoms with Crippen LogP contribution in [0, 0.1) is 0 Å². The van der Waals surface area contributed by atoms with Gasteiger partial charge < -0.3 is 14.8 Å². The van der Waals surface area contributed by atoms with Crippen molar-refractivity contribution in [3.05, 3.63) is 52.5 Å². The molecule has 0 bridgehead atoms. The smallest absolute Gasteiger partial charge is 0.269 e. The second-order valence-electron chi connectivity index (χ2n) is 5.86. The molecule has 0 spiro atoms. The van der Waals surface area contributed by atoms with E-state index in [1.807, 2.05) is 6.92 Å². The molecular weight excluding hydrogens is 442 g/mol. The molecular formula is C20H22BrN3O5. The Morgan fingerprint density at radius 2 is 1.66 bits per heavy atom. The van der Waals surface area contributed by atoms with Crippen molar-refractivity contribution in [1.82, 2.24) is 10.9 Å². The Morgan fingerprint density at radius 1 is 0.966 bits per heavy atom. The summed E-state index contributed by atoms with van der Waals surface area (Å²) in [4.78, 5) is 35.9. The summed E-state index contributed by atoms with van der Waals surface area (Å²) < 4.78 is 11.0. The van der Waals surface area contributed by atoms with Gasteiger partial charge in [-0.2, -0.15) is 0 Å². The van der Waals surface area contributed by atoms with Crippen molar-refractivity contribution in [3.8, 4) is 11.5 Å². The van der Waals surface area contributed by atoms with Crippen LogP contribution in [0.3, 0.4) is 0 Å². The van der Waals surface area contributed by atoms with Crippen LogP contribution < -0.4 is 25.6 Å². The quantitative estimate of drug-likeness (QED) is 0.521. The molecule has 0 aliphatic rings. The fourth-order valence-corrected chi connectivity index (χ4v) is 2.86. The molecule has 154 valence electrons. The van der Waals surface area contributed by atoms with Crippen molar-refractivity contribution in [2.75, 3.05) is 19.0 Å². The number of hydrogen-bond acceptors (Lipinski definition) is 5. The van der Waals surface area contributed by atoms with Gasteiger partial charge in [-0.25, -0.2) is 0 Å². The molecule has 3 N–H and O–H groups in total. The minimum atomic E-state index is -0.486. The number of halogens is 1. The van der Waals surface area contributed by atoms with Crippen molar-refractivity contribution in [1.29, 1.82) is 0 Å². The maximum absolute atomic E-state index is 12.1. The summed E-state index contributed by atoms with van der Waals surface area (Å²) in [5.74, 6) is 0.0247. The summed E-state index contributed by atoms with van der Waals surface area (Å²) in [7, 11) is 1.52. The number of ether oxygens (including phenoxy) is 2. The van der Waals surface area contributed by atoms with Crippen LogP contribution in [0.1, 0.15) is 30.1 Å². The van der Waals surface area contributed by atoms with E-state index in [2.05, 4.69) is 32.1 Å². The number of carbonyl (C=O) groups excluding carboxylic acids is 3. The SMILES string of the molecule is CCOc1ccc(NC(=O)CCC(=O)NNC(=O)c2ccc(OC)c(Br)c2)cc1. The first kappa shape index (κ1) is 22.2. The number of methoxy groups -OCH3 is 1. The van der Waals surface area contributed by atoms with E-state index in [9.17, 15) is 14.4 Å². The third-order valence-corrected chi connectivity index (χ3v) is 4.38. The topological polar surface area (TPSA) is 106 Å². The molecule has 0 heterocycles. The lowest BCUT2D eigenvalue weighted by molar-refractivity contribution is -0.124. The lowest BCUT2D eigenvalue weighted by atomic mass is 10.2. The Hall–Kier alpha value is -3.07. The Labute approximate surface area is 177 Å². The van der Waals surface area contributed by atoms with Crippen LogP contribution in [0.4, 0.5) is 5.69 Å². The van der Waals surface area contributed by atoms with Crippen molar-refractivity contribution < 1.29 is 23.9 Å². The van der Waals surface area contributed by atoms with Crippen molar-refractivity contribution in [2.24, 2.45) is 0 Å². The number of anilines is 1. The molecule has 2 aromatic rings. The second-order valence-corrected chi connectivity index (χ2v) is 6.71. The summed E-state index contributed by atoms with van der Waals surface area (Å²) >= 11 is 3.29. The molecule has 0 unspecified atom stereocenters. The first-order valence-corrected chi connectivity index (χ1v) is 9.67. The number of rotatable bonds is 8. The monoisotopic (exact) mass is 463 g/mol. The van der Waals surface area contributed by atoms with Crippen LogP contribution in [0.2, 0.25) is 0 Å². The molecule has 0 aromatic heterocycles. The highest BCUT2D eigenvalue weighted by Gasteiger charge is 2.11. The zero-order valence-electron chi connectivity index (χ0n) is 16.1. The molecule has 0 atom stereocenters. The van der Waals surface area contributed by atoms with Crippen molar-refractivity contribution in [3.63, 3.8) is 0 Å². The summed E-state index contributed by atoms with van der Waals surface area (Å²) in [6.07, 6.45) is -0.0988. The first-order valence-electron chi connectivity index (χ1n) is 8.88. The number of hydrazine groups is 1. The van der Waals surface area contributed by atoms with Crippen LogP contribution in [0.5, 0.6) is 11.5 Å². The van der Waals surface area contributed by atoms with Gasteiger partial charge in [-0.15, -0.1) is 0 Å². The third-order valence-electron chi connectivity index (χ3n) is 3.76. The molecule has 0 saturated carbocycles. The van der Waals surface area contributed by atoms with Gasteiger partial charge in [0.25, 0.3) is 5.91 Å². The van der Waals surface area contributed by atoms with E-state index in [-0.39, 0.29) is 18.7 Å². The van der Waals surface area contributed by atoms with E-state index < -0.39 is 11.8 Å². The number of carbonyl (C=O) groups is 3. The van der Waals surface area contributed by atoms with Gasteiger partial charge in [0.1, 0.15) is 11.5 Å². The average Bonchev–Trinajstić information content (AvgIpc) is 2.72. The highest BCUT2D eigenvalue weighted by atomic mass is 79.9. The Morgan fingerprint density at radius 3 is 2.28 bits per heavy atom. The summed E-state index contributed by atoms with van der Waals surface area (Å²) in [6, 6.07) is 11.7. The molecule has 0 saturated heterocycles. The van der Waals surface area contributed by atoms with Gasteiger partial charge in [0, 0.05) is 24.1 Å². The van der Waals surface area contributed by atoms with Gasteiger partial charge in [0.15, 0.2) is 0 Å². The Balaban J connectivity index is 1.74. The minimum Gasteiger partial charge on any atom is -0.496 e. The van der Waals surface area contributed by atoms with E-state index in [0.717, 1.165) is 0 Å². The summed E-state index contributed by atoms with van der Waals surface area (Å²) in [5.41, 5.74) is 5.55. The molecule has 0 radical (unpaired) electrons. The molecule has 0 fully saturated rings. The normalized spacial score (nSPS) is 10.0. The average molecular weight is 464 g/mol.